The van der Waals surface area contributed by atoms with Crippen molar-refractivity contribution in [2.45, 2.75) is 19.8 Å². The number of nitrogens with zero attached hydrogens (tertiary/aromatic N) is 2. The van der Waals surface area contributed by atoms with Gasteiger partial charge in [-0.15, -0.1) is 0 Å². The molecule has 7 nitrogen and oxygen atoms in total. The number of nitrogens with one attached hydrogen (secondary N) is 2. The van der Waals surface area contributed by atoms with E-state index in [1.54, 1.807) is 0 Å². The summed E-state index contributed by atoms with van der Waals surface area (Å²) in [6.45, 7) is 4.28. The molecule has 1 aliphatic heterocycles. The number of amides is 1. The average Bonchev–Trinajstić information content (AvgIpc) is 3.09. The van der Waals surface area contributed by atoms with Crippen molar-refractivity contribution < 1.29 is 14.3 Å². The molecular formula is C17H20N4O3. The molecular weight excluding hydrogens is 308 g/mol. The Morgan fingerprint density at radius 1 is 1.38 bits per heavy atom. The average molecular weight is 328 g/mol. The molecule has 0 unspecified atom stereocenters. The Balaban J connectivity index is 1.76. The van der Waals surface area contributed by atoms with Crippen LogP contribution in [0.25, 0.3) is 0 Å². The van der Waals surface area contributed by atoms with Gasteiger partial charge in [0.15, 0.2) is 0 Å². The lowest BCUT2D eigenvalue weighted by atomic mass is 10.0. The number of H-pyrrole nitrogens is 1. The molecule has 0 saturated heterocycles. The Morgan fingerprint density at radius 2 is 2.12 bits per heavy atom. The zero-order valence-electron chi connectivity index (χ0n) is 13.9. The van der Waals surface area contributed by atoms with Crippen LogP contribution in [0.3, 0.4) is 0 Å². The molecule has 1 aromatic carbocycles. The van der Waals surface area contributed by atoms with Gasteiger partial charge < -0.3 is 15.0 Å². The lowest BCUT2D eigenvalue weighted by molar-refractivity contribution is -0.142. The number of carbonyl (C=O) groups excluding carboxylic acids is 2. The number of methoxy groups -OCH3 is 1. The van der Waals surface area contributed by atoms with Crippen molar-refractivity contribution in [1.82, 2.24) is 10.2 Å². The smallest absolute Gasteiger partial charge is 0.315 e. The fourth-order valence-corrected chi connectivity index (χ4v) is 3.07. The van der Waals surface area contributed by atoms with Crippen LogP contribution in [0.4, 0.5) is 11.4 Å². The fourth-order valence-electron chi connectivity index (χ4n) is 3.07. The van der Waals surface area contributed by atoms with Crippen molar-refractivity contribution >= 4 is 23.3 Å². The maximum absolute atomic E-state index is 12.4. The van der Waals surface area contributed by atoms with Gasteiger partial charge in [-0.25, -0.2) is 0 Å². The molecule has 0 spiro atoms. The first-order valence-corrected chi connectivity index (χ1v) is 7.74. The van der Waals surface area contributed by atoms with E-state index in [9.17, 15) is 9.59 Å². The van der Waals surface area contributed by atoms with Gasteiger partial charge >= 0.3 is 5.97 Å². The molecule has 0 aliphatic carbocycles. The van der Waals surface area contributed by atoms with Gasteiger partial charge in [0.1, 0.15) is 5.92 Å². The summed E-state index contributed by atoms with van der Waals surface area (Å²) >= 11 is 0. The summed E-state index contributed by atoms with van der Waals surface area (Å²) in [5.41, 5.74) is 4.05. The van der Waals surface area contributed by atoms with E-state index >= 15 is 0 Å². The van der Waals surface area contributed by atoms with Crippen LogP contribution in [0.15, 0.2) is 24.3 Å². The van der Waals surface area contributed by atoms with Gasteiger partial charge in [-0.3, -0.25) is 14.7 Å². The highest BCUT2D eigenvalue weighted by atomic mass is 16.5. The predicted molar refractivity (Wildman–Crippen MR) is 90.1 cm³/mol. The van der Waals surface area contributed by atoms with E-state index in [1.165, 1.54) is 7.11 Å². The van der Waals surface area contributed by atoms with Crippen LogP contribution >= 0.6 is 0 Å². The third-order valence-electron chi connectivity index (χ3n) is 4.27. The van der Waals surface area contributed by atoms with E-state index < -0.39 is 0 Å². The molecule has 7 heteroatoms. The first kappa shape index (κ1) is 16.0. The number of fused-ring (bicyclic) bond motifs is 1. The van der Waals surface area contributed by atoms with E-state index in [0.29, 0.717) is 12.2 Å². The number of benzene rings is 1. The van der Waals surface area contributed by atoms with Crippen molar-refractivity contribution in [3.05, 3.63) is 41.2 Å². The number of esters is 1. The number of hydrogen-bond donors (Lipinski definition) is 2. The molecule has 126 valence electrons. The zero-order valence-corrected chi connectivity index (χ0v) is 13.9. The molecule has 2 aromatic rings. The maximum Gasteiger partial charge on any atom is 0.315 e. The van der Waals surface area contributed by atoms with E-state index in [1.807, 2.05) is 43.0 Å². The predicted octanol–water partition coefficient (Wildman–Crippen LogP) is 1.74. The van der Waals surface area contributed by atoms with Gasteiger partial charge in [-0.2, -0.15) is 5.10 Å². The monoisotopic (exact) mass is 328 g/mol. The maximum atomic E-state index is 12.4. The molecule has 2 heterocycles. The largest absolute Gasteiger partial charge is 0.468 e. The van der Waals surface area contributed by atoms with E-state index in [0.717, 1.165) is 22.6 Å². The Morgan fingerprint density at radius 3 is 2.79 bits per heavy atom. The quantitative estimate of drug-likeness (QED) is 0.835. The minimum atomic E-state index is -0.364. The number of rotatable bonds is 4. The summed E-state index contributed by atoms with van der Waals surface area (Å²) in [6, 6.07) is 7.60. The number of carbonyl (C=O) groups is 2. The number of aromatic nitrogens is 2. The highest BCUT2D eigenvalue weighted by molar-refractivity contribution is 5.96. The van der Waals surface area contributed by atoms with Gasteiger partial charge in [0, 0.05) is 12.2 Å². The molecule has 1 amide bonds. The molecule has 1 atom stereocenters. The number of anilines is 2. The molecule has 0 saturated carbocycles. The second-order valence-electron chi connectivity index (χ2n) is 5.87. The van der Waals surface area contributed by atoms with Crippen LogP contribution < -0.4 is 10.2 Å². The minimum absolute atomic E-state index is 0.150. The molecule has 1 aliphatic rings. The molecule has 0 bridgehead atoms. The SMILES string of the molecule is COC(=O)[C@@H]1CN(CC(=O)Nc2c(C)n[nH]c2C)c2ccccc21. The standard InChI is InChI=1S/C17H20N4O3/c1-10-16(11(2)20-19-10)18-15(22)9-21-8-13(17(23)24-3)12-6-4-5-7-14(12)21/h4-7,13H,8-9H2,1-3H3,(H,18,22)(H,19,20)/t13-/m1/s1. The molecule has 0 fully saturated rings. The second-order valence-corrected chi connectivity index (χ2v) is 5.87. The van der Waals surface area contributed by atoms with Crippen LogP contribution in [-0.4, -0.2) is 42.3 Å². The number of aryl methyl sites for hydroxylation is 2. The molecule has 24 heavy (non-hydrogen) atoms. The minimum Gasteiger partial charge on any atom is -0.468 e. The summed E-state index contributed by atoms with van der Waals surface area (Å²) in [6.07, 6.45) is 0. The van der Waals surface area contributed by atoms with Crippen molar-refractivity contribution in [3.63, 3.8) is 0 Å². The van der Waals surface area contributed by atoms with Crippen molar-refractivity contribution in [2.75, 3.05) is 30.4 Å². The van der Waals surface area contributed by atoms with Gasteiger partial charge in [-0.05, 0) is 25.5 Å². The summed E-state index contributed by atoms with van der Waals surface area (Å²) in [7, 11) is 1.38. The summed E-state index contributed by atoms with van der Waals surface area (Å²) in [5, 5.41) is 9.79. The lowest BCUT2D eigenvalue weighted by Gasteiger charge is -2.19. The van der Waals surface area contributed by atoms with Gasteiger partial charge in [0.25, 0.3) is 0 Å². The highest BCUT2D eigenvalue weighted by Gasteiger charge is 2.34. The summed E-state index contributed by atoms with van der Waals surface area (Å²) < 4.78 is 4.88. The van der Waals surface area contributed by atoms with Crippen LogP contribution in [0.1, 0.15) is 22.9 Å². The van der Waals surface area contributed by atoms with Crippen LogP contribution in [-0.2, 0) is 14.3 Å². The van der Waals surface area contributed by atoms with Gasteiger partial charge in [0.2, 0.25) is 5.91 Å². The van der Waals surface area contributed by atoms with Gasteiger partial charge in [0.05, 0.1) is 30.7 Å². The second kappa shape index (κ2) is 6.35. The first-order valence-electron chi connectivity index (χ1n) is 7.74. The Kier molecular flexibility index (Phi) is 4.24. The van der Waals surface area contributed by atoms with Crippen LogP contribution in [0.5, 0.6) is 0 Å². The van der Waals surface area contributed by atoms with Crippen molar-refractivity contribution in [1.29, 1.82) is 0 Å². The number of ether oxygens (including phenoxy) is 1. The summed E-state index contributed by atoms with van der Waals surface area (Å²) in [5.74, 6) is -0.800. The highest BCUT2D eigenvalue weighted by Crippen LogP contribution is 2.36. The number of para-hydroxylation sites is 1. The van der Waals surface area contributed by atoms with E-state index in [4.69, 9.17) is 4.74 Å². The topological polar surface area (TPSA) is 87.3 Å². The number of hydrogen-bond acceptors (Lipinski definition) is 5. The Hall–Kier alpha value is -2.83. The van der Waals surface area contributed by atoms with E-state index in [2.05, 4.69) is 15.5 Å². The van der Waals surface area contributed by atoms with Crippen LogP contribution in [0, 0.1) is 13.8 Å². The normalized spacial score (nSPS) is 16.0. The third-order valence-corrected chi connectivity index (χ3v) is 4.27. The lowest BCUT2D eigenvalue weighted by Crippen LogP contribution is -2.33. The fraction of sp³-hybridized carbons (Fsp3) is 0.353. The zero-order chi connectivity index (χ0) is 17.3. The van der Waals surface area contributed by atoms with Crippen molar-refractivity contribution in [3.8, 4) is 0 Å². The summed E-state index contributed by atoms with van der Waals surface area (Å²) in [4.78, 5) is 26.3. The Labute approximate surface area is 140 Å². The van der Waals surface area contributed by atoms with Gasteiger partial charge in [-0.1, -0.05) is 18.2 Å². The molecule has 3 rings (SSSR count). The molecule has 2 N–H and O–H groups in total. The number of aromatic amines is 1. The molecule has 1 aromatic heterocycles. The van der Waals surface area contributed by atoms with Crippen LogP contribution in [0.2, 0.25) is 0 Å². The Bertz CT molecular complexity index is 764. The van der Waals surface area contributed by atoms with Crippen molar-refractivity contribution in [2.24, 2.45) is 0 Å². The molecule has 0 radical (unpaired) electrons. The third kappa shape index (κ3) is 2.84. The van der Waals surface area contributed by atoms with E-state index in [-0.39, 0.29) is 24.3 Å². The first-order chi connectivity index (χ1) is 11.5.